The highest BCUT2D eigenvalue weighted by molar-refractivity contribution is 5.95. The maximum Gasteiger partial charge on any atom is 0.254 e. The number of aromatic nitrogens is 2. The average Bonchev–Trinajstić information content (AvgIpc) is 3.36. The molecule has 1 atom stereocenters. The highest BCUT2D eigenvalue weighted by Crippen LogP contribution is 2.21. The van der Waals surface area contributed by atoms with Gasteiger partial charge in [-0.05, 0) is 37.1 Å². The molecule has 26 heavy (non-hydrogen) atoms. The molecule has 7 nitrogen and oxygen atoms in total. The lowest BCUT2D eigenvalue weighted by Crippen LogP contribution is -2.35. The Balaban J connectivity index is 1.45. The Morgan fingerprint density at radius 1 is 1.35 bits per heavy atom. The Labute approximate surface area is 152 Å². The van der Waals surface area contributed by atoms with E-state index in [1.165, 1.54) is 0 Å². The molecule has 7 heteroatoms. The number of likely N-dealkylation sites (tertiary alicyclic amines) is 1. The zero-order chi connectivity index (χ0) is 18.4. The van der Waals surface area contributed by atoms with E-state index in [1.54, 1.807) is 42.5 Å². The number of carbonyl (C=O) groups is 2. The molecule has 0 radical (unpaired) electrons. The molecule has 1 aliphatic heterocycles. The third-order valence-electron chi connectivity index (χ3n) is 4.59. The number of rotatable bonds is 7. The minimum Gasteiger partial charge on any atom is -0.497 e. The number of hydrogen-bond donors (Lipinski definition) is 1. The van der Waals surface area contributed by atoms with Crippen LogP contribution >= 0.6 is 0 Å². The van der Waals surface area contributed by atoms with Gasteiger partial charge in [0.1, 0.15) is 5.75 Å². The lowest BCUT2D eigenvalue weighted by atomic mass is 10.1. The lowest BCUT2D eigenvalue weighted by molar-refractivity contribution is -0.124. The number of aryl methyl sites for hydroxylation is 1. The molecule has 0 aliphatic carbocycles. The van der Waals surface area contributed by atoms with Crippen molar-refractivity contribution in [1.82, 2.24) is 20.0 Å². The van der Waals surface area contributed by atoms with E-state index in [0.29, 0.717) is 37.4 Å². The summed E-state index contributed by atoms with van der Waals surface area (Å²) < 4.78 is 7.01. The van der Waals surface area contributed by atoms with Crippen LogP contribution in [0, 0.1) is 5.92 Å². The molecule has 2 heterocycles. The van der Waals surface area contributed by atoms with Crippen LogP contribution in [0.25, 0.3) is 0 Å². The van der Waals surface area contributed by atoms with E-state index in [9.17, 15) is 9.59 Å². The molecule has 1 saturated heterocycles. The summed E-state index contributed by atoms with van der Waals surface area (Å²) in [5.41, 5.74) is 0.588. The molecule has 0 unspecified atom stereocenters. The molecule has 1 aromatic carbocycles. The van der Waals surface area contributed by atoms with Crippen LogP contribution in [0.2, 0.25) is 0 Å². The predicted octanol–water partition coefficient (Wildman–Crippen LogP) is 1.56. The van der Waals surface area contributed by atoms with Gasteiger partial charge in [-0.3, -0.25) is 14.3 Å². The normalized spacial score (nSPS) is 16.5. The van der Waals surface area contributed by atoms with Crippen molar-refractivity contribution >= 4 is 11.8 Å². The van der Waals surface area contributed by atoms with Crippen LogP contribution in [-0.2, 0) is 11.3 Å². The smallest absolute Gasteiger partial charge is 0.254 e. The highest BCUT2D eigenvalue weighted by Gasteiger charge is 2.31. The van der Waals surface area contributed by atoms with Crippen LogP contribution in [-0.4, -0.2) is 53.2 Å². The van der Waals surface area contributed by atoms with Crippen molar-refractivity contribution < 1.29 is 14.3 Å². The number of methoxy groups -OCH3 is 1. The molecule has 138 valence electrons. The van der Waals surface area contributed by atoms with E-state index in [1.807, 2.05) is 16.9 Å². The first-order valence-electron chi connectivity index (χ1n) is 8.86. The summed E-state index contributed by atoms with van der Waals surface area (Å²) in [7, 11) is 1.58. The van der Waals surface area contributed by atoms with Crippen molar-refractivity contribution in [1.29, 1.82) is 0 Å². The standard InChI is InChI=1S/C19H24N4O3/c1-26-17-6-2-5-15(13-17)19(25)22-12-7-16(14-22)18(24)20-8-3-10-23-11-4-9-21-23/h2,4-6,9,11,13,16H,3,7-8,10,12,14H2,1H3,(H,20,24)/t16-/m0/s1. The van der Waals surface area contributed by atoms with E-state index >= 15 is 0 Å². The molecule has 0 saturated carbocycles. The molecule has 1 aliphatic rings. The zero-order valence-electron chi connectivity index (χ0n) is 14.9. The predicted molar refractivity (Wildman–Crippen MR) is 96.9 cm³/mol. The molecule has 1 fully saturated rings. The fourth-order valence-corrected chi connectivity index (χ4v) is 3.13. The Kier molecular flexibility index (Phi) is 5.88. The fraction of sp³-hybridized carbons (Fsp3) is 0.421. The Morgan fingerprint density at radius 2 is 2.23 bits per heavy atom. The van der Waals surface area contributed by atoms with Gasteiger partial charge in [0.25, 0.3) is 5.91 Å². The SMILES string of the molecule is COc1cccc(C(=O)N2CC[C@H](C(=O)NCCCn3cccn3)C2)c1. The number of hydrogen-bond acceptors (Lipinski definition) is 4. The van der Waals surface area contributed by atoms with Crippen LogP contribution in [0.4, 0.5) is 0 Å². The van der Waals surface area contributed by atoms with Gasteiger partial charge in [0, 0.05) is 44.1 Å². The van der Waals surface area contributed by atoms with Gasteiger partial charge in [-0.2, -0.15) is 5.10 Å². The van der Waals surface area contributed by atoms with E-state index in [2.05, 4.69) is 10.4 Å². The summed E-state index contributed by atoms with van der Waals surface area (Å²) >= 11 is 0. The number of amides is 2. The van der Waals surface area contributed by atoms with E-state index in [0.717, 1.165) is 13.0 Å². The molecule has 0 spiro atoms. The summed E-state index contributed by atoms with van der Waals surface area (Å²) in [5, 5.41) is 7.10. The molecular formula is C19H24N4O3. The summed E-state index contributed by atoms with van der Waals surface area (Å²) in [6.07, 6.45) is 5.17. The van der Waals surface area contributed by atoms with Crippen molar-refractivity contribution in [2.45, 2.75) is 19.4 Å². The van der Waals surface area contributed by atoms with Crippen LogP contribution < -0.4 is 10.1 Å². The first-order valence-corrected chi connectivity index (χ1v) is 8.86. The summed E-state index contributed by atoms with van der Waals surface area (Å²) in [6.45, 7) is 2.44. The molecule has 0 bridgehead atoms. The monoisotopic (exact) mass is 356 g/mol. The van der Waals surface area contributed by atoms with Crippen LogP contribution in [0.5, 0.6) is 5.75 Å². The molecule has 1 aromatic heterocycles. The second-order valence-electron chi connectivity index (χ2n) is 6.38. The quantitative estimate of drug-likeness (QED) is 0.764. The molecular weight excluding hydrogens is 332 g/mol. The second-order valence-corrected chi connectivity index (χ2v) is 6.38. The summed E-state index contributed by atoms with van der Waals surface area (Å²) in [4.78, 5) is 26.7. The van der Waals surface area contributed by atoms with E-state index in [4.69, 9.17) is 4.74 Å². The number of carbonyl (C=O) groups excluding carboxylic acids is 2. The highest BCUT2D eigenvalue weighted by atomic mass is 16.5. The molecule has 3 rings (SSSR count). The average molecular weight is 356 g/mol. The number of ether oxygens (including phenoxy) is 1. The van der Waals surface area contributed by atoms with E-state index in [-0.39, 0.29) is 17.7 Å². The zero-order valence-corrected chi connectivity index (χ0v) is 14.9. The Bertz CT molecular complexity index is 745. The number of nitrogens with one attached hydrogen (secondary N) is 1. The third kappa shape index (κ3) is 4.41. The molecule has 2 amide bonds. The van der Waals surface area contributed by atoms with Crippen LogP contribution in [0.3, 0.4) is 0 Å². The number of nitrogens with zero attached hydrogens (tertiary/aromatic N) is 3. The van der Waals surface area contributed by atoms with Crippen molar-refractivity contribution in [3.05, 3.63) is 48.3 Å². The first kappa shape index (κ1) is 18.0. The Morgan fingerprint density at radius 3 is 3.00 bits per heavy atom. The van der Waals surface area contributed by atoms with Crippen LogP contribution in [0.1, 0.15) is 23.2 Å². The van der Waals surface area contributed by atoms with Crippen molar-refractivity contribution in [2.24, 2.45) is 5.92 Å². The van der Waals surface area contributed by atoms with Crippen molar-refractivity contribution in [3.63, 3.8) is 0 Å². The van der Waals surface area contributed by atoms with Gasteiger partial charge < -0.3 is 15.0 Å². The summed E-state index contributed by atoms with van der Waals surface area (Å²) in [6, 6.07) is 8.98. The summed E-state index contributed by atoms with van der Waals surface area (Å²) in [5.74, 6) is 0.472. The van der Waals surface area contributed by atoms with Gasteiger partial charge in [-0.15, -0.1) is 0 Å². The van der Waals surface area contributed by atoms with Gasteiger partial charge in [-0.1, -0.05) is 6.07 Å². The largest absolute Gasteiger partial charge is 0.497 e. The number of benzene rings is 1. The first-order chi connectivity index (χ1) is 12.7. The third-order valence-corrected chi connectivity index (χ3v) is 4.59. The molecule has 1 N–H and O–H groups in total. The topological polar surface area (TPSA) is 76.5 Å². The van der Waals surface area contributed by atoms with Gasteiger partial charge >= 0.3 is 0 Å². The van der Waals surface area contributed by atoms with Crippen LogP contribution in [0.15, 0.2) is 42.7 Å². The Hall–Kier alpha value is -2.83. The maximum atomic E-state index is 12.6. The van der Waals surface area contributed by atoms with Gasteiger partial charge in [0.2, 0.25) is 5.91 Å². The van der Waals surface area contributed by atoms with Gasteiger partial charge in [0.05, 0.1) is 13.0 Å². The van der Waals surface area contributed by atoms with Crippen molar-refractivity contribution in [2.75, 3.05) is 26.7 Å². The van der Waals surface area contributed by atoms with Gasteiger partial charge in [-0.25, -0.2) is 0 Å². The second kappa shape index (κ2) is 8.51. The van der Waals surface area contributed by atoms with Gasteiger partial charge in [0.15, 0.2) is 0 Å². The maximum absolute atomic E-state index is 12.6. The van der Waals surface area contributed by atoms with E-state index < -0.39 is 0 Å². The van der Waals surface area contributed by atoms with Crippen molar-refractivity contribution in [3.8, 4) is 5.75 Å². The minimum absolute atomic E-state index is 0.0198. The lowest BCUT2D eigenvalue weighted by Gasteiger charge is -2.17. The minimum atomic E-state index is -0.144. The fourth-order valence-electron chi connectivity index (χ4n) is 3.13. The molecule has 2 aromatic rings.